The first-order chi connectivity index (χ1) is 3.60. The van der Waals surface area contributed by atoms with Crippen molar-refractivity contribution in [3.8, 4) is 0 Å². The molecular formula is C6H10Cl2PTi. The van der Waals surface area contributed by atoms with Crippen molar-refractivity contribution in [1.29, 1.82) is 0 Å². The maximum absolute atomic E-state index is 2.31. The van der Waals surface area contributed by atoms with Gasteiger partial charge in [0.1, 0.15) is 0 Å². The Hall–Kier alpha value is 1.20. The molecule has 0 radical (unpaired) electrons. The van der Waals surface area contributed by atoms with Crippen LogP contribution in [0.1, 0.15) is 13.8 Å². The molecule has 1 aliphatic heterocycles. The van der Waals surface area contributed by atoms with E-state index in [9.17, 15) is 0 Å². The average Bonchev–Trinajstić information content (AvgIpc) is 1.82. The van der Waals surface area contributed by atoms with Crippen LogP contribution in [0, 0.1) is 0 Å². The maximum atomic E-state index is 2.31. The molecule has 1 aliphatic rings. The van der Waals surface area contributed by atoms with Crippen LogP contribution in [-0.4, -0.2) is 9.26 Å². The van der Waals surface area contributed by atoms with Gasteiger partial charge in [-0.25, -0.2) is 0 Å². The summed E-state index contributed by atoms with van der Waals surface area (Å²) in [5.41, 5.74) is 1.43. The second-order valence-corrected chi connectivity index (χ2v) is 6.02. The predicted molar refractivity (Wildman–Crippen MR) is 49.6 cm³/mol. The largest absolute Gasteiger partial charge is 0.147 e. The van der Waals surface area contributed by atoms with E-state index in [1.165, 1.54) is 13.8 Å². The number of allylic oxidation sites excluding steroid dienone is 2. The molecule has 0 bridgehead atoms. The van der Waals surface area contributed by atoms with Gasteiger partial charge in [-0.3, -0.25) is 0 Å². The fourth-order valence-corrected chi connectivity index (χ4v) is 2.24. The summed E-state index contributed by atoms with van der Waals surface area (Å²) in [6.45, 7) is 4.41. The zero-order valence-corrected chi connectivity index (χ0v) is 10.0. The minimum atomic E-state index is 0. The molecule has 0 saturated carbocycles. The summed E-state index contributed by atoms with van der Waals surface area (Å²) in [6, 6.07) is 0. The smallest absolute Gasteiger partial charge is 0.147 e. The van der Waals surface area contributed by atoms with Crippen molar-refractivity contribution in [2.24, 2.45) is 0 Å². The molecule has 1 rings (SSSR count). The predicted octanol–water partition coefficient (Wildman–Crippen LogP) is 2.80. The second kappa shape index (κ2) is 4.96. The van der Waals surface area contributed by atoms with E-state index in [4.69, 9.17) is 0 Å². The summed E-state index contributed by atoms with van der Waals surface area (Å²) >= 11 is 2.25. The summed E-state index contributed by atoms with van der Waals surface area (Å²) in [6.07, 6.45) is 2.31. The van der Waals surface area contributed by atoms with Crippen molar-refractivity contribution in [2.75, 3.05) is 0 Å². The van der Waals surface area contributed by atoms with E-state index >= 15 is 0 Å². The molecule has 10 heavy (non-hydrogen) atoms. The van der Waals surface area contributed by atoms with E-state index < -0.39 is 0 Å². The quantitative estimate of drug-likeness (QED) is 0.445. The van der Waals surface area contributed by atoms with Gasteiger partial charge in [0.15, 0.2) is 0 Å². The molecule has 0 aliphatic carbocycles. The first-order valence-corrected chi connectivity index (χ1v) is 4.34. The van der Waals surface area contributed by atoms with Gasteiger partial charge < -0.3 is 0 Å². The molecule has 0 aromatic carbocycles. The van der Waals surface area contributed by atoms with Crippen molar-refractivity contribution < 1.29 is 20.4 Å². The zero-order chi connectivity index (χ0) is 6.20. The van der Waals surface area contributed by atoms with Crippen LogP contribution in [0.3, 0.4) is 0 Å². The van der Waals surface area contributed by atoms with Gasteiger partial charge in [-0.2, -0.15) is 0 Å². The summed E-state index contributed by atoms with van der Waals surface area (Å²) < 4.78 is 0.421. The standard InChI is InChI=1S/C6H8P.2ClH.Ti/c1-5-3-6(2)7-4-5;;;/h3-4H,1-2H3;2*1H;. The third-order valence-corrected chi connectivity index (χ3v) is 3.08. The van der Waals surface area contributed by atoms with Gasteiger partial charge in [0.05, 0.1) is 0 Å². The summed E-state index contributed by atoms with van der Waals surface area (Å²) in [7, 11) is 1.44. The van der Waals surface area contributed by atoms with Gasteiger partial charge in [0.25, 0.3) is 0 Å². The van der Waals surface area contributed by atoms with Gasteiger partial charge in [-0.15, -0.1) is 24.8 Å². The molecule has 0 nitrogen and oxygen atoms in total. The number of hydrogen-bond acceptors (Lipinski definition) is 0. The van der Waals surface area contributed by atoms with Gasteiger partial charge in [0, 0.05) is 0 Å². The molecule has 0 N–H and O–H groups in total. The number of rotatable bonds is 0. The summed E-state index contributed by atoms with van der Waals surface area (Å²) in [5, 5.41) is 0. The number of halogens is 2. The molecule has 1 unspecified atom stereocenters. The maximum Gasteiger partial charge on any atom is -0.147 e. The molecule has 1 heterocycles. The topological polar surface area (TPSA) is 0 Å². The molecule has 0 fully saturated rings. The van der Waals surface area contributed by atoms with Gasteiger partial charge in [-0.1, -0.05) is 0 Å². The fraction of sp³-hybridized carbons (Fsp3) is 0.500. The fourth-order valence-electron chi connectivity index (χ4n) is 0.754. The zero-order valence-electron chi connectivity index (χ0n) is 5.92. The molecule has 1 atom stereocenters. The average molecular weight is 232 g/mol. The first-order valence-electron chi connectivity index (χ1n) is 2.60. The summed E-state index contributed by atoms with van der Waals surface area (Å²) in [5.74, 6) is 2.26. The van der Waals surface area contributed by atoms with Gasteiger partial charge in [0.2, 0.25) is 0 Å². The van der Waals surface area contributed by atoms with Crippen LogP contribution in [0.25, 0.3) is 0 Å². The van der Waals surface area contributed by atoms with E-state index in [1.807, 2.05) is 0 Å². The van der Waals surface area contributed by atoms with Crippen LogP contribution < -0.4 is 0 Å². The molecular weight excluding hydrogens is 222 g/mol. The van der Waals surface area contributed by atoms with Crippen molar-refractivity contribution in [2.45, 2.75) is 17.3 Å². The monoisotopic (exact) mass is 231 g/mol. The Balaban J connectivity index is 0. The van der Waals surface area contributed by atoms with E-state index in [0.717, 1.165) is 0 Å². The Morgan fingerprint density at radius 1 is 1.50 bits per heavy atom. The number of hydrogen-bond donors (Lipinski definition) is 0. The van der Waals surface area contributed by atoms with E-state index in [-0.39, 0.29) is 24.8 Å². The van der Waals surface area contributed by atoms with Crippen molar-refractivity contribution in [1.82, 2.24) is 0 Å². The Labute approximate surface area is 87.9 Å². The minimum absolute atomic E-state index is 0. The molecule has 0 aromatic heterocycles. The van der Waals surface area contributed by atoms with Gasteiger partial charge in [-0.05, 0) is 0 Å². The Kier molecular flexibility index (Phi) is 6.83. The Morgan fingerprint density at radius 3 is 2.10 bits per heavy atom. The van der Waals surface area contributed by atoms with Crippen LogP contribution in [0.4, 0.5) is 0 Å². The molecule has 0 aromatic rings. The van der Waals surface area contributed by atoms with Crippen molar-refractivity contribution in [3.05, 3.63) is 11.6 Å². The third kappa shape index (κ3) is 4.16. The molecule has 4 heteroatoms. The third-order valence-electron chi connectivity index (χ3n) is 1.05. The molecule has 57 valence electrons. The van der Waals surface area contributed by atoms with Crippen LogP contribution >= 0.6 is 33.0 Å². The second-order valence-electron chi connectivity index (χ2n) is 2.29. The van der Waals surface area contributed by atoms with Crippen molar-refractivity contribution >= 4 is 38.8 Å². The van der Waals surface area contributed by atoms with Crippen LogP contribution in [0.2, 0.25) is 0 Å². The molecule has 0 amide bonds. The Bertz CT molecular complexity index is 163. The van der Waals surface area contributed by atoms with Gasteiger partial charge >= 0.3 is 63.4 Å². The van der Waals surface area contributed by atoms with E-state index in [0.29, 0.717) is 3.46 Å². The molecule has 0 spiro atoms. The Morgan fingerprint density at radius 2 is 2.00 bits per heavy atom. The normalized spacial score (nSPS) is 29.9. The van der Waals surface area contributed by atoms with E-state index in [2.05, 4.69) is 46.2 Å². The van der Waals surface area contributed by atoms with Crippen LogP contribution in [-0.2, 0) is 20.4 Å². The molecule has 0 saturated heterocycles. The SMILES string of the molecule is CC1=C[C](C)([Ti])P=C1.Cl.Cl. The first kappa shape index (κ1) is 13.8. The van der Waals surface area contributed by atoms with Crippen LogP contribution in [0.15, 0.2) is 11.6 Å². The van der Waals surface area contributed by atoms with Crippen LogP contribution in [0.5, 0.6) is 0 Å². The summed E-state index contributed by atoms with van der Waals surface area (Å²) in [4.78, 5) is 0. The van der Waals surface area contributed by atoms with Crippen molar-refractivity contribution in [3.63, 3.8) is 0 Å². The van der Waals surface area contributed by atoms with E-state index in [1.54, 1.807) is 0 Å². The minimum Gasteiger partial charge on any atom is -0.147 e.